The lowest BCUT2D eigenvalue weighted by atomic mass is 10.1. The van der Waals surface area contributed by atoms with E-state index in [4.69, 9.17) is 0 Å². The molecule has 3 aliphatic rings. The summed E-state index contributed by atoms with van der Waals surface area (Å²) in [5, 5.41) is 3.30. The predicted molar refractivity (Wildman–Crippen MR) is 79.7 cm³/mol. The maximum atomic E-state index is 12.2. The third-order valence-corrected chi connectivity index (χ3v) is 5.34. The second-order valence-electron chi connectivity index (χ2n) is 6.52. The fraction of sp³-hybridized carbons (Fsp3) is 0.933. The monoisotopic (exact) mass is 280 g/mol. The molecule has 20 heavy (non-hydrogen) atoms. The second-order valence-corrected chi connectivity index (χ2v) is 6.52. The second kappa shape index (κ2) is 6.41. The molecule has 0 aromatic carbocycles. The molecule has 3 saturated heterocycles. The summed E-state index contributed by atoms with van der Waals surface area (Å²) in [5.41, 5.74) is 0. The number of hydrogen-bond donors (Lipinski definition) is 1. The molecule has 0 saturated carbocycles. The molecule has 3 heterocycles. The Labute approximate surface area is 122 Å². The first-order valence-corrected chi connectivity index (χ1v) is 8.17. The molecule has 0 aromatic rings. The summed E-state index contributed by atoms with van der Waals surface area (Å²) in [6.45, 7) is 6.93. The molecular formula is C15H28N4O. The fourth-order valence-corrected chi connectivity index (χ4v) is 3.91. The minimum Gasteiger partial charge on any atom is -0.340 e. The van der Waals surface area contributed by atoms with Crippen LogP contribution in [0.2, 0.25) is 0 Å². The lowest BCUT2D eigenvalue weighted by Gasteiger charge is -2.29. The zero-order valence-corrected chi connectivity index (χ0v) is 12.7. The highest BCUT2D eigenvalue weighted by molar-refractivity contribution is 5.76. The summed E-state index contributed by atoms with van der Waals surface area (Å²) in [4.78, 5) is 19.3. The Hall–Kier alpha value is -0.650. The third-order valence-electron chi connectivity index (χ3n) is 5.34. The molecule has 114 valence electrons. The summed E-state index contributed by atoms with van der Waals surface area (Å²) in [6, 6.07) is 1.51. The minimum absolute atomic E-state index is 0.342. The van der Waals surface area contributed by atoms with Gasteiger partial charge in [-0.2, -0.15) is 0 Å². The number of nitrogens with one attached hydrogen (secondary N) is 1. The van der Waals surface area contributed by atoms with E-state index < -0.39 is 0 Å². The first-order chi connectivity index (χ1) is 9.74. The van der Waals surface area contributed by atoms with E-state index in [1.54, 1.807) is 0 Å². The molecule has 1 amide bonds. The van der Waals surface area contributed by atoms with E-state index in [0.717, 1.165) is 51.4 Å². The number of carbonyl (C=O) groups is 1. The van der Waals surface area contributed by atoms with Crippen LogP contribution in [0.1, 0.15) is 25.7 Å². The number of nitrogens with zero attached hydrogens (tertiary/aromatic N) is 3. The number of rotatable bonds is 3. The molecule has 3 aliphatic heterocycles. The van der Waals surface area contributed by atoms with Gasteiger partial charge in [0, 0.05) is 57.8 Å². The number of fused-ring (bicyclic) bond motifs is 2. The predicted octanol–water partition coefficient (Wildman–Crippen LogP) is -0.0232. The molecule has 0 radical (unpaired) electrons. The Bertz CT molecular complexity index is 343. The molecule has 2 atom stereocenters. The van der Waals surface area contributed by atoms with E-state index in [0.29, 0.717) is 12.3 Å². The van der Waals surface area contributed by atoms with Crippen molar-refractivity contribution in [2.24, 2.45) is 0 Å². The largest absolute Gasteiger partial charge is 0.340 e. The average molecular weight is 280 g/mol. The lowest BCUT2D eigenvalue weighted by Crippen LogP contribution is -2.47. The van der Waals surface area contributed by atoms with Crippen molar-refractivity contribution in [1.82, 2.24) is 20.0 Å². The molecule has 2 bridgehead atoms. The summed E-state index contributed by atoms with van der Waals surface area (Å²) in [5.74, 6) is 0.342. The molecule has 3 rings (SSSR count). The number of hydrogen-bond acceptors (Lipinski definition) is 4. The smallest absolute Gasteiger partial charge is 0.223 e. The van der Waals surface area contributed by atoms with E-state index >= 15 is 0 Å². The van der Waals surface area contributed by atoms with Gasteiger partial charge in [-0.1, -0.05) is 0 Å². The van der Waals surface area contributed by atoms with Crippen molar-refractivity contribution in [3.05, 3.63) is 0 Å². The van der Waals surface area contributed by atoms with Crippen molar-refractivity contribution >= 4 is 5.91 Å². The maximum Gasteiger partial charge on any atom is 0.223 e. The van der Waals surface area contributed by atoms with Crippen LogP contribution >= 0.6 is 0 Å². The highest BCUT2D eigenvalue weighted by atomic mass is 16.2. The molecule has 5 heteroatoms. The van der Waals surface area contributed by atoms with Crippen molar-refractivity contribution in [1.29, 1.82) is 0 Å². The fourth-order valence-electron chi connectivity index (χ4n) is 3.91. The maximum absolute atomic E-state index is 12.2. The molecule has 5 nitrogen and oxygen atoms in total. The molecule has 2 unspecified atom stereocenters. The molecule has 1 N–H and O–H groups in total. The molecule has 3 fully saturated rings. The first-order valence-electron chi connectivity index (χ1n) is 8.17. The number of carbonyl (C=O) groups excluding carboxylic acids is 1. The summed E-state index contributed by atoms with van der Waals surface area (Å²) in [7, 11) is 2.28. The van der Waals surface area contributed by atoms with Crippen molar-refractivity contribution in [2.45, 2.75) is 37.8 Å². The standard InChI is InChI=1S/C15H28N4O/c1-17-13-2-3-14(17)12-18(8-4-13)9-5-15(20)19-10-6-16-7-11-19/h13-14,16H,2-12H2,1H3. The zero-order valence-electron chi connectivity index (χ0n) is 12.7. The van der Waals surface area contributed by atoms with E-state index in [-0.39, 0.29) is 0 Å². The van der Waals surface area contributed by atoms with Gasteiger partial charge in [0.05, 0.1) is 0 Å². The highest BCUT2D eigenvalue weighted by Crippen LogP contribution is 2.28. The van der Waals surface area contributed by atoms with E-state index in [2.05, 4.69) is 22.2 Å². The number of amides is 1. The van der Waals surface area contributed by atoms with Crippen LogP contribution in [0, 0.1) is 0 Å². The molecular weight excluding hydrogens is 252 g/mol. The quantitative estimate of drug-likeness (QED) is 0.788. The molecule has 0 aliphatic carbocycles. The topological polar surface area (TPSA) is 38.8 Å². The van der Waals surface area contributed by atoms with Gasteiger partial charge >= 0.3 is 0 Å². The van der Waals surface area contributed by atoms with Crippen LogP contribution in [-0.4, -0.2) is 85.6 Å². The average Bonchev–Trinajstić information content (AvgIpc) is 2.72. The van der Waals surface area contributed by atoms with Crippen LogP contribution in [0.15, 0.2) is 0 Å². The van der Waals surface area contributed by atoms with Crippen LogP contribution in [-0.2, 0) is 4.79 Å². The number of piperazine rings is 1. The molecule has 0 aromatic heterocycles. The minimum atomic E-state index is 0.342. The van der Waals surface area contributed by atoms with Crippen molar-refractivity contribution < 1.29 is 4.79 Å². The molecule has 0 spiro atoms. The van der Waals surface area contributed by atoms with E-state index in [1.165, 1.54) is 25.8 Å². The van der Waals surface area contributed by atoms with E-state index in [1.807, 2.05) is 4.90 Å². The highest BCUT2D eigenvalue weighted by Gasteiger charge is 2.34. The van der Waals surface area contributed by atoms with Gasteiger partial charge in [-0.15, -0.1) is 0 Å². The van der Waals surface area contributed by atoms with Gasteiger partial charge in [-0.05, 0) is 32.9 Å². The Morgan fingerprint density at radius 3 is 2.65 bits per heavy atom. The summed E-state index contributed by atoms with van der Waals surface area (Å²) in [6.07, 6.45) is 4.67. The number of likely N-dealkylation sites (N-methyl/N-ethyl adjacent to an activating group) is 1. The van der Waals surface area contributed by atoms with Gasteiger partial charge in [0.25, 0.3) is 0 Å². The third kappa shape index (κ3) is 3.15. The van der Waals surface area contributed by atoms with Crippen molar-refractivity contribution in [3.8, 4) is 0 Å². The normalized spacial score (nSPS) is 32.4. The lowest BCUT2D eigenvalue weighted by molar-refractivity contribution is -0.132. The van der Waals surface area contributed by atoms with Gasteiger partial charge in [0.1, 0.15) is 0 Å². The van der Waals surface area contributed by atoms with Crippen LogP contribution in [0.5, 0.6) is 0 Å². The van der Waals surface area contributed by atoms with Crippen molar-refractivity contribution in [2.75, 3.05) is 52.9 Å². The van der Waals surface area contributed by atoms with Crippen molar-refractivity contribution in [3.63, 3.8) is 0 Å². The first kappa shape index (κ1) is 14.3. The zero-order chi connectivity index (χ0) is 13.9. The SMILES string of the molecule is CN1C2CCC1CN(CCC(=O)N1CCNCC1)CC2. The van der Waals surface area contributed by atoms with Gasteiger partial charge in [0.2, 0.25) is 5.91 Å². The van der Waals surface area contributed by atoms with Crippen LogP contribution in [0.4, 0.5) is 0 Å². The van der Waals surface area contributed by atoms with Gasteiger partial charge < -0.3 is 15.1 Å². The van der Waals surface area contributed by atoms with Gasteiger partial charge in [0.15, 0.2) is 0 Å². The van der Waals surface area contributed by atoms with Gasteiger partial charge in [-0.3, -0.25) is 9.69 Å². The van der Waals surface area contributed by atoms with E-state index in [9.17, 15) is 4.79 Å². The summed E-state index contributed by atoms with van der Waals surface area (Å²) >= 11 is 0. The van der Waals surface area contributed by atoms with Crippen LogP contribution in [0.25, 0.3) is 0 Å². The Kier molecular flexibility index (Phi) is 4.58. The Balaban J connectivity index is 1.45. The summed E-state index contributed by atoms with van der Waals surface area (Å²) < 4.78 is 0. The van der Waals surface area contributed by atoms with Gasteiger partial charge in [-0.25, -0.2) is 0 Å². The van der Waals surface area contributed by atoms with Crippen LogP contribution in [0.3, 0.4) is 0 Å². The van der Waals surface area contributed by atoms with Crippen LogP contribution < -0.4 is 5.32 Å². The Morgan fingerprint density at radius 2 is 1.85 bits per heavy atom. The Morgan fingerprint density at radius 1 is 1.10 bits per heavy atom. The number of likely N-dealkylation sites (tertiary alicyclic amines) is 1.